The van der Waals surface area contributed by atoms with E-state index >= 15 is 0 Å². The molecule has 198 valence electrons. The number of nitrogens with zero attached hydrogens (tertiary/aromatic N) is 1. The summed E-state index contributed by atoms with van der Waals surface area (Å²) in [6, 6.07) is 5.03. The fraction of sp³-hybridized carbons (Fsp3) is 0.577. The molecule has 36 heavy (non-hydrogen) atoms. The van der Waals surface area contributed by atoms with E-state index in [1.165, 1.54) is 17.0 Å². The van der Waals surface area contributed by atoms with Gasteiger partial charge in [-0.05, 0) is 81.1 Å². The number of amides is 5. The minimum Gasteiger partial charge on any atom is -0.337 e. The van der Waals surface area contributed by atoms with Crippen LogP contribution in [0.2, 0.25) is 0 Å². The predicted molar refractivity (Wildman–Crippen MR) is 138 cm³/mol. The number of rotatable bonds is 9. The molecule has 5 amide bonds. The van der Waals surface area contributed by atoms with Gasteiger partial charge in [-0.3, -0.25) is 9.69 Å². The predicted octanol–water partition coefficient (Wildman–Crippen LogP) is 3.85. The zero-order chi connectivity index (χ0) is 26.3. The Morgan fingerprint density at radius 1 is 1.06 bits per heavy atom. The van der Waals surface area contributed by atoms with Crippen molar-refractivity contribution in [1.82, 2.24) is 20.3 Å². The topological polar surface area (TPSA) is 125 Å². The number of hydrogen-bond acceptors (Lipinski definition) is 5. The molecule has 0 saturated heterocycles. The van der Waals surface area contributed by atoms with Crippen LogP contribution in [-0.4, -0.2) is 50.4 Å². The van der Waals surface area contributed by atoms with E-state index in [-0.39, 0.29) is 16.8 Å². The Hall–Kier alpha value is -2.88. The van der Waals surface area contributed by atoms with Crippen molar-refractivity contribution in [3.05, 3.63) is 41.0 Å². The molecular formula is C26H38N4O5S. The molecule has 0 aromatic heterocycles. The molecule has 1 heterocycles. The Morgan fingerprint density at radius 3 is 2.36 bits per heavy atom. The maximum atomic E-state index is 12.6. The van der Waals surface area contributed by atoms with Crippen molar-refractivity contribution < 1.29 is 22.8 Å². The number of unbranched alkanes of at least 4 members (excludes halogenated alkanes) is 1. The highest BCUT2D eigenvalue weighted by atomic mass is 32.2. The second kappa shape index (κ2) is 12.4. The quantitative estimate of drug-likeness (QED) is 0.458. The fourth-order valence-corrected chi connectivity index (χ4v) is 5.55. The summed E-state index contributed by atoms with van der Waals surface area (Å²) in [7, 11) is -3.99. The van der Waals surface area contributed by atoms with Crippen LogP contribution in [0.25, 0.3) is 0 Å². The van der Waals surface area contributed by atoms with Crippen LogP contribution in [0.5, 0.6) is 0 Å². The van der Waals surface area contributed by atoms with Gasteiger partial charge in [0.15, 0.2) is 0 Å². The first kappa shape index (κ1) is 27.7. The molecule has 1 saturated carbocycles. The van der Waals surface area contributed by atoms with Gasteiger partial charge in [0, 0.05) is 18.2 Å². The molecule has 1 aliphatic carbocycles. The van der Waals surface area contributed by atoms with E-state index in [1.54, 1.807) is 12.1 Å². The van der Waals surface area contributed by atoms with Gasteiger partial charge in [-0.1, -0.05) is 32.4 Å². The van der Waals surface area contributed by atoms with Gasteiger partial charge in [-0.25, -0.2) is 22.7 Å². The summed E-state index contributed by atoms with van der Waals surface area (Å²) in [4.78, 5) is 38.5. The monoisotopic (exact) mass is 518 g/mol. The van der Waals surface area contributed by atoms with Crippen LogP contribution in [0.15, 0.2) is 40.3 Å². The van der Waals surface area contributed by atoms with Crippen molar-refractivity contribution in [2.75, 3.05) is 13.1 Å². The minimum absolute atomic E-state index is 0.00698. The van der Waals surface area contributed by atoms with E-state index < -0.39 is 22.1 Å². The summed E-state index contributed by atoms with van der Waals surface area (Å²) >= 11 is 0. The Morgan fingerprint density at radius 2 is 1.72 bits per heavy atom. The van der Waals surface area contributed by atoms with Crippen molar-refractivity contribution in [3.8, 4) is 0 Å². The summed E-state index contributed by atoms with van der Waals surface area (Å²) in [6.45, 7) is 6.75. The molecule has 9 nitrogen and oxygen atoms in total. The second-order valence-electron chi connectivity index (χ2n) is 9.92. The molecule has 0 unspecified atom stereocenters. The van der Waals surface area contributed by atoms with Crippen LogP contribution >= 0.6 is 0 Å². The van der Waals surface area contributed by atoms with Crippen molar-refractivity contribution in [2.24, 2.45) is 5.92 Å². The zero-order valence-corrected chi connectivity index (χ0v) is 22.2. The molecular weight excluding hydrogens is 480 g/mol. The summed E-state index contributed by atoms with van der Waals surface area (Å²) in [6.07, 6.45) is 6.80. The number of sulfonamides is 1. The van der Waals surface area contributed by atoms with E-state index in [9.17, 15) is 22.8 Å². The first-order valence-corrected chi connectivity index (χ1v) is 14.3. The van der Waals surface area contributed by atoms with Gasteiger partial charge in [-0.2, -0.15) is 0 Å². The van der Waals surface area contributed by atoms with Gasteiger partial charge >= 0.3 is 12.1 Å². The van der Waals surface area contributed by atoms with E-state index in [1.807, 2.05) is 6.92 Å². The molecule has 0 radical (unpaired) electrons. The number of benzene rings is 1. The molecule has 2 aliphatic rings. The molecule has 0 atom stereocenters. The van der Waals surface area contributed by atoms with Crippen LogP contribution < -0.4 is 15.4 Å². The van der Waals surface area contributed by atoms with Gasteiger partial charge in [0.05, 0.1) is 11.4 Å². The maximum Gasteiger partial charge on any atom is 0.328 e. The molecule has 1 fully saturated rings. The minimum atomic E-state index is -3.99. The van der Waals surface area contributed by atoms with E-state index in [4.69, 9.17) is 0 Å². The maximum absolute atomic E-state index is 12.6. The average Bonchev–Trinajstić information content (AvgIpc) is 3.12. The highest BCUT2D eigenvalue weighted by Gasteiger charge is 2.31. The Bertz CT molecular complexity index is 1090. The summed E-state index contributed by atoms with van der Waals surface area (Å²) in [5.74, 6) is 0.414. The molecule has 0 bridgehead atoms. The molecule has 1 aromatic rings. The Labute approximate surface area is 214 Å². The molecule has 3 rings (SSSR count). The zero-order valence-electron chi connectivity index (χ0n) is 21.4. The van der Waals surface area contributed by atoms with E-state index in [0.717, 1.165) is 55.2 Å². The van der Waals surface area contributed by atoms with Gasteiger partial charge in [0.25, 0.3) is 15.9 Å². The third-order valence-corrected chi connectivity index (χ3v) is 8.29. The van der Waals surface area contributed by atoms with Crippen molar-refractivity contribution >= 4 is 28.0 Å². The summed E-state index contributed by atoms with van der Waals surface area (Å²) < 4.78 is 27.2. The standard InChI is InChI=1S/C26H38N4O5S/c1-4-5-6-23-19(3)17-30(24(23)31)26(33)27-16-15-20-9-13-22(14-10-20)36(34,35)29-25(32)28-21-11-7-18(2)8-12-21/h9-10,13-14,18,21H,4-8,11-12,15-17H2,1-3H3,(H,27,33)(H2,28,29,32). The van der Waals surface area contributed by atoms with Crippen LogP contribution in [0.1, 0.15) is 71.3 Å². The fourth-order valence-electron chi connectivity index (χ4n) is 4.63. The van der Waals surface area contributed by atoms with Crippen LogP contribution in [0.3, 0.4) is 0 Å². The number of hydrogen-bond donors (Lipinski definition) is 3. The lowest BCUT2D eigenvalue weighted by molar-refractivity contribution is -0.123. The molecule has 0 spiro atoms. The molecule has 1 aromatic carbocycles. The highest BCUT2D eigenvalue weighted by molar-refractivity contribution is 7.90. The molecule has 1 aliphatic heterocycles. The lowest BCUT2D eigenvalue weighted by atomic mass is 9.87. The second-order valence-corrected chi connectivity index (χ2v) is 11.6. The van der Waals surface area contributed by atoms with Crippen LogP contribution in [-0.2, 0) is 21.2 Å². The van der Waals surface area contributed by atoms with Crippen molar-refractivity contribution in [1.29, 1.82) is 0 Å². The Balaban J connectivity index is 1.45. The van der Waals surface area contributed by atoms with Crippen LogP contribution in [0, 0.1) is 5.92 Å². The highest BCUT2D eigenvalue weighted by Crippen LogP contribution is 2.24. The smallest absolute Gasteiger partial charge is 0.328 e. The largest absolute Gasteiger partial charge is 0.337 e. The third kappa shape index (κ3) is 7.32. The number of carbonyl (C=O) groups excluding carboxylic acids is 3. The summed E-state index contributed by atoms with van der Waals surface area (Å²) in [5, 5.41) is 5.53. The number of nitrogens with one attached hydrogen (secondary N) is 3. The Kier molecular flexibility index (Phi) is 9.53. The van der Waals surface area contributed by atoms with E-state index in [0.29, 0.717) is 31.8 Å². The van der Waals surface area contributed by atoms with Crippen LogP contribution in [0.4, 0.5) is 9.59 Å². The molecule has 3 N–H and O–H groups in total. The normalized spacial score (nSPS) is 20.4. The van der Waals surface area contributed by atoms with Gasteiger partial charge in [-0.15, -0.1) is 0 Å². The summed E-state index contributed by atoms with van der Waals surface area (Å²) in [5.41, 5.74) is 2.50. The van der Waals surface area contributed by atoms with Crippen molar-refractivity contribution in [2.45, 2.75) is 83.1 Å². The van der Waals surface area contributed by atoms with E-state index in [2.05, 4.69) is 29.2 Å². The van der Waals surface area contributed by atoms with Gasteiger partial charge in [0.2, 0.25) is 0 Å². The SMILES string of the molecule is CCCCC1=C(C)CN(C(=O)NCCc2ccc(S(=O)(=O)NC(=O)NC3CCC(C)CC3)cc2)C1=O. The first-order chi connectivity index (χ1) is 17.1. The number of imide groups is 1. The average molecular weight is 519 g/mol. The number of carbonyl (C=O) groups is 3. The van der Waals surface area contributed by atoms with Gasteiger partial charge < -0.3 is 10.6 Å². The third-order valence-electron chi connectivity index (χ3n) is 6.94. The molecule has 10 heteroatoms. The first-order valence-electron chi connectivity index (χ1n) is 12.8. The number of urea groups is 2. The lowest BCUT2D eigenvalue weighted by Gasteiger charge is -2.26. The lowest BCUT2D eigenvalue weighted by Crippen LogP contribution is -2.45. The van der Waals surface area contributed by atoms with Crippen molar-refractivity contribution in [3.63, 3.8) is 0 Å². The van der Waals surface area contributed by atoms with Gasteiger partial charge in [0.1, 0.15) is 0 Å².